The summed E-state index contributed by atoms with van der Waals surface area (Å²) in [5.74, 6) is -1.95. The molecule has 0 bridgehead atoms. The minimum absolute atomic E-state index is 0.0314. The summed E-state index contributed by atoms with van der Waals surface area (Å²) in [7, 11) is -2.46. The Bertz CT molecular complexity index is 2680. The number of allylic oxidation sites excluding steroid dienone is 1. The maximum absolute atomic E-state index is 14.2. The third-order valence-electron chi connectivity index (χ3n) is 15.0. The molecule has 8 rings (SSSR count). The van der Waals surface area contributed by atoms with Crippen molar-refractivity contribution in [1.29, 1.82) is 0 Å². The van der Waals surface area contributed by atoms with Gasteiger partial charge in [-0.3, -0.25) is 0 Å². The van der Waals surface area contributed by atoms with Gasteiger partial charge in [0.2, 0.25) is 0 Å². The van der Waals surface area contributed by atoms with Crippen molar-refractivity contribution in [3.05, 3.63) is 192 Å². The van der Waals surface area contributed by atoms with Crippen molar-refractivity contribution in [1.82, 2.24) is 0 Å². The summed E-state index contributed by atoms with van der Waals surface area (Å²) < 4.78 is 78.3. The molecule has 17 heteroatoms. The van der Waals surface area contributed by atoms with E-state index in [-0.39, 0.29) is 67.4 Å². The van der Waals surface area contributed by atoms with Crippen LogP contribution < -0.4 is 0 Å². The normalized spacial score (nSPS) is 25.6. The van der Waals surface area contributed by atoms with Crippen LogP contribution in [0.3, 0.4) is 0 Å². The lowest BCUT2D eigenvalue weighted by molar-refractivity contribution is -0.219. The predicted molar refractivity (Wildman–Crippen MR) is 303 cm³/mol. The SMILES string of the molecule is C=CCCCO[C@H]1O[C@H](CO[C@H]2O[C@H](CO[C@H]3O[C@H](CO[Si](C(C)C)(C(C)C)C(C)C)[C@@H](O)[C@@H]3OC(=O)c3ccccc3)[C@@H](OCc3ccccc3)[C@@H]2OC(=O)c2ccccc2)[C@@H](OCc2ccccc2)[C@@H]1OC(=O)c1ccccc1. The summed E-state index contributed by atoms with van der Waals surface area (Å²) in [6.45, 7) is 16.8. The zero-order valence-corrected chi connectivity index (χ0v) is 48.1. The summed E-state index contributed by atoms with van der Waals surface area (Å²) >= 11 is 0. The Balaban J connectivity index is 1.09. The molecule has 1 N–H and O–H groups in total. The van der Waals surface area contributed by atoms with Crippen molar-refractivity contribution in [2.24, 2.45) is 0 Å². The summed E-state index contributed by atoms with van der Waals surface area (Å²) in [5.41, 5.74) is 3.30. The van der Waals surface area contributed by atoms with E-state index in [1.54, 1.807) is 91.0 Å². The second kappa shape index (κ2) is 29.9. The minimum atomic E-state index is -2.46. The van der Waals surface area contributed by atoms with E-state index in [0.717, 1.165) is 11.1 Å². The minimum Gasteiger partial charge on any atom is -0.450 e. The number of hydrogen-bond acceptors (Lipinski definition) is 16. The molecule has 5 aromatic carbocycles. The van der Waals surface area contributed by atoms with Crippen LogP contribution in [0.5, 0.6) is 0 Å². The van der Waals surface area contributed by atoms with E-state index in [2.05, 4.69) is 48.1 Å². The number of esters is 3. The molecule has 3 aliphatic heterocycles. The number of carbonyl (C=O) groups excluding carboxylic acids is 3. The molecule has 0 amide bonds. The third kappa shape index (κ3) is 15.8. The Morgan fingerprint density at radius 3 is 1.23 bits per heavy atom. The van der Waals surface area contributed by atoms with Gasteiger partial charge in [0.15, 0.2) is 45.5 Å². The van der Waals surface area contributed by atoms with Gasteiger partial charge in [-0.1, -0.05) is 163 Å². The number of ether oxygens (including phenoxy) is 11. The van der Waals surface area contributed by atoms with E-state index in [4.69, 9.17) is 56.5 Å². The van der Waals surface area contributed by atoms with Crippen molar-refractivity contribution in [3.8, 4) is 0 Å². The largest absolute Gasteiger partial charge is 0.450 e. The highest BCUT2D eigenvalue weighted by atomic mass is 28.4. The maximum atomic E-state index is 14.2. The molecule has 0 unspecified atom stereocenters. The summed E-state index contributed by atoms with van der Waals surface area (Å²) in [6.07, 6.45) is -10.4. The number of carbonyl (C=O) groups is 3. The number of unbranched alkanes of at least 4 members (excludes halogenated alkanes) is 1. The smallest absolute Gasteiger partial charge is 0.338 e. The van der Waals surface area contributed by atoms with Crippen LogP contribution in [-0.4, -0.2) is 132 Å². The first kappa shape index (κ1) is 61.1. The number of aliphatic hydroxyl groups is 1. The maximum Gasteiger partial charge on any atom is 0.338 e. The van der Waals surface area contributed by atoms with Gasteiger partial charge >= 0.3 is 17.9 Å². The van der Waals surface area contributed by atoms with Gasteiger partial charge in [0, 0.05) is 0 Å². The Morgan fingerprint density at radius 2 is 0.840 bits per heavy atom. The van der Waals surface area contributed by atoms with Gasteiger partial charge in [-0.15, -0.1) is 6.58 Å². The van der Waals surface area contributed by atoms with E-state index in [1.165, 1.54) is 0 Å². The monoisotopic (exact) mass is 1130 g/mol. The van der Waals surface area contributed by atoms with E-state index >= 15 is 0 Å². The van der Waals surface area contributed by atoms with Crippen LogP contribution in [0.25, 0.3) is 0 Å². The number of benzene rings is 5. The van der Waals surface area contributed by atoms with Crippen molar-refractivity contribution in [3.63, 3.8) is 0 Å². The molecule has 0 radical (unpaired) electrons. The average Bonchev–Trinajstić information content (AvgIpc) is 4.25. The van der Waals surface area contributed by atoms with Crippen molar-refractivity contribution in [2.75, 3.05) is 26.4 Å². The Kier molecular flexibility index (Phi) is 22.5. The first-order valence-electron chi connectivity index (χ1n) is 28.1. The van der Waals surface area contributed by atoms with Crippen LogP contribution in [0.4, 0.5) is 0 Å². The molecule has 0 aromatic heterocycles. The van der Waals surface area contributed by atoms with Gasteiger partial charge in [0.25, 0.3) is 0 Å². The van der Waals surface area contributed by atoms with Crippen molar-refractivity contribution >= 4 is 26.2 Å². The van der Waals surface area contributed by atoms with Gasteiger partial charge in [0.1, 0.15) is 36.6 Å². The lowest BCUT2D eigenvalue weighted by Gasteiger charge is -2.42. The van der Waals surface area contributed by atoms with Crippen LogP contribution in [0.2, 0.25) is 16.6 Å². The van der Waals surface area contributed by atoms with Gasteiger partial charge in [-0.2, -0.15) is 0 Å². The molecule has 0 aliphatic carbocycles. The molecule has 5 aromatic rings. The number of aliphatic hydroxyl groups excluding tert-OH is 1. The molecule has 12 atom stereocenters. The molecule has 0 spiro atoms. The molecule has 16 nitrogen and oxygen atoms in total. The number of hydrogen-bond donors (Lipinski definition) is 1. The van der Waals surface area contributed by atoms with E-state index < -0.39 is 100 Å². The fraction of sp³-hybridized carbons (Fsp3) is 0.453. The molecule has 0 saturated carbocycles. The van der Waals surface area contributed by atoms with Crippen LogP contribution in [0, 0.1) is 0 Å². The molecular weight excluding hydrogens is 1050 g/mol. The molecule has 3 saturated heterocycles. The molecular formula is C64H78O16Si. The third-order valence-corrected chi connectivity index (χ3v) is 21.1. The lowest BCUT2D eigenvalue weighted by Crippen LogP contribution is -2.50. The summed E-state index contributed by atoms with van der Waals surface area (Å²) in [4.78, 5) is 41.7. The standard InChI is InChI=1S/C64H78O16Si/c1-8-9-25-36-69-63-57(79-60(67)48-32-21-13-22-33-48)54(70-37-45-26-15-10-16-27-45)51(76-63)40-73-64-58(80-61(68)49-34-23-14-24-35-49)55(71-38-46-28-17-11-18-29-46)52(77-64)39-72-62-56(78-59(66)47-30-19-12-20-31-47)53(65)50(75-62)41-74-81(42(2)3,43(4)5)44(6)7/h8,10-24,26-35,42-44,50-58,62-65H,1,9,25,36-41H2,2-7H3/t50-,51-,52-,53-,54-,55-,56+,57+,58+,62+,63+,64+/m1/s1. The van der Waals surface area contributed by atoms with Crippen LogP contribution in [0.15, 0.2) is 164 Å². The summed E-state index contributed by atoms with van der Waals surface area (Å²) in [6, 6.07) is 44.6. The highest BCUT2D eigenvalue weighted by molar-refractivity contribution is 6.77. The fourth-order valence-corrected chi connectivity index (χ4v) is 16.5. The van der Waals surface area contributed by atoms with Gasteiger partial charge in [-0.05, 0) is 77.0 Å². The lowest BCUT2D eigenvalue weighted by atomic mass is 10.1. The second-order valence-electron chi connectivity index (χ2n) is 21.4. The first-order chi connectivity index (χ1) is 39.3. The Labute approximate surface area is 477 Å². The highest BCUT2D eigenvalue weighted by Gasteiger charge is 2.55. The van der Waals surface area contributed by atoms with Gasteiger partial charge in [-0.25, -0.2) is 14.4 Å². The van der Waals surface area contributed by atoms with Crippen molar-refractivity contribution in [2.45, 2.75) is 158 Å². The van der Waals surface area contributed by atoms with Crippen LogP contribution in [0.1, 0.15) is 96.6 Å². The van der Waals surface area contributed by atoms with E-state index in [0.29, 0.717) is 18.4 Å². The van der Waals surface area contributed by atoms with Crippen LogP contribution in [-0.2, 0) is 69.7 Å². The second-order valence-corrected chi connectivity index (χ2v) is 26.9. The average molecular weight is 1130 g/mol. The Morgan fingerprint density at radius 1 is 0.481 bits per heavy atom. The predicted octanol–water partition coefficient (Wildman–Crippen LogP) is 10.6. The molecule has 434 valence electrons. The Hall–Kier alpha value is -5.93. The zero-order chi connectivity index (χ0) is 57.3. The highest BCUT2D eigenvalue weighted by Crippen LogP contribution is 2.43. The quantitative estimate of drug-likeness (QED) is 0.0157. The first-order valence-corrected chi connectivity index (χ1v) is 30.2. The van der Waals surface area contributed by atoms with E-state index in [9.17, 15) is 19.5 Å². The topological polar surface area (TPSA) is 182 Å². The van der Waals surface area contributed by atoms with Gasteiger partial charge in [0.05, 0.1) is 56.3 Å². The number of rotatable bonds is 29. The van der Waals surface area contributed by atoms with Crippen molar-refractivity contribution < 1.29 is 76.0 Å². The van der Waals surface area contributed by atoms with E-state index in [1.807, 2.05) is 66.7 Å². The molecule has 3 heterocycles. The molecule has 3 aliphatic rings. The van der Waals surface area contributed by atoms with Gasteiger partial charge < -0.3 is 61.6 Å². The zero-order valence-electron chi connectivity index (χ0n) is 47.1. The fourth-order valence-electron chi connectivity index (χ4n) is 11.0. The van der Waals surface area contributed by atoms with Crippen LogP contribution >= 0.6 is 0 Å². The molecule has 81 heavy (non-hydrogen) atoms. The summed E-state index contributed by atoms with van der Waals surface area (Å²) in [5, 5.41) is 12.0. The molecule has 3 fully saturated rings.